The fourth-order valence-electron chi connectivity index (χ4n) is 3.94. The zero-order chi connectivity index (χ0) is 20.5. The van der Waals surface area contributed by atoms with E-state index in [0.717, 1.165) is 11.3 Å². The van der Waals surface area contributed by atoms with Crippen LogP contribution in [0.25, 0.3) is 0 Å². The number of hydrogen-bond acceptors (Lipinski definition) is 6. The molecule has 0 unspecified atom stereocenters. The first-order chi connectivity index (χ1) is 14.7. The molecule has 0 radical (unpaired) electrons. The lowest BCUT2D eigenvalue weighted by atomic mass is 9.95. The van der Waals surface area contributed by atoms with Crippen LogP contribution >= 0.6 is 0 Å². The number of amides is 2. The van der Waals surface area contributed by atoms with Crippen molar-refractivity contribution >= 4 is 11.8 Å². The lowest BCUT2D eigenvalue weighted by molar-refractivity contribution is -0.126. The third kappa shape index (κ3) is 3.60. The summed E-state index contributed by atoms with van der Waals surface area (Å²) in [6.45, 7) is 1.95. The highest BCUT2D eigenvalue weighted by molar-refractivity contribution is 5.95. The number of benzene rings is 2. The molecule has 8 heteroatoms. The summed E-state index contributed by atoms with van der Waals surface area (Å²) < 4.78 is 21.3. The molecule has 3 aliphatic heterocycles. The Kier molecular flexibility index (Phi) is 4.82. The molecule has 2 aromatic rings. The normalized spacial score (nSPS) is 17.1. The summed E-state index contributed by atoms with van der Waals surface area (Å²) in [7, 11) is 0. The van der Waals surface area contributed by atoms with Crippen molar-refractivity contribution in [2.24, 2.45) is 5.92 Å². The van der Waals surface area contributed by atoms with Crippen molar-refractivity contribution in [3.8, 4) is 23.0 Å². The van der Waals surface area contributed by atoms with Crippen LogP contribution in [0.1, 0.15) is 28.8 Å². The third-order valence-electron chi connectivity index (χ3n) is 5.68. The molecule has 3 heterocycles. The van der Waals surface area contributed by atoms with Crippen LogP contribution in [0, 0.1) is 5.92 Å². The summed E-state index contributed by atoms with van der Waals surface area (Å²) in [5.41, 5.74) is 1.54. The van der Waals surface area contributed by atoms with E-state index >= 15 is 0 Å². The van der Waals surface area contributed by atoms with Crippen LogP contribution in [0.2, 0.25) is 0 Å². The minimum absolute atomic E-state index is 0.0165. The number of nitrogens with one attached hydrogen (secondary N) is 1. The van der Waals surface area contributed by atoms with E-state index < -0.39 is 0 Å². The van der Waals surface area contributed by atoms with Gasteiger partial charge in [-0.3, -0.25) is 9.59 Å². The van der Waals surface area contributed by atoms with Gasteiger partial charge < -0.3 is 29.2 Å². The highest BCUT2D eigenvalue weighted by Crippen LogP contribution is 2.34. The number of likely N-dealkylation sites (tertiary alicyclic amines) is 1. The maximum absolute atomic E-state index is 12.8. The number of carbonyl (C=O) groups excluding carboxylic acids is 2. The Labute approximate surface area is 173 Å². The first kappa shape index (κ1) is 18.6. The summed E-state index contributed by atoms with van der Waals surface area (Å²) in [6.07, 6.45) is 1.28. The minimum atomic E-state index is -0.0974. The number of carbonyl (C=O) groups is 2. The van der Waals surface area contributed by atoms with Crippen LogP contribution in [0.15, 0.2) is 36.4 Å². The van der Waals surface area contributed by atoms with Crippen molar-refractivity contribution in [3.05, 3.63) is 47.5 Å². The summed E-state index contributed by atoms with van der Waals surface area (Å²) >= 11 is 0. The van der Waals surface area contributed by atoms with Crippen molar-refractivity contribution in [1.82, 2.24) is 10.2 Å². The predicted octanol–water partition coefficient (Wildman–Crippen LogP) is 2.31. The summed E-state index contributed by atoms with van der Waals surface area (Å²) in [5.74, 6) is 2.56. The summed E-state index contributed by atoms with van der Waals surface area (Å²) in [6, 6.07) is 10.9. The van der Waals surface area contributed by atoms with E-state index in [1.807, 2.05) is 18.2 Å². The molecule has 0 saturated carbocycles. The SMILES string of the molecule is O=C(NCc1ccc2c(c1)OCO2)C1CCN(C(=O)c2ccc3c(c2)OCO3)CC1. The molecule has 8 nitrogen and oxygen atoms in total. The van der Waals surface area contributed by atoms with Gasteiger partial charge in [-0.05, 0) is 48.7 Å². The van der Waals surface area contributed by atoms with Crippen LogP contribution in [-0.4, -0.2) is 43.4 Å². The van der Waals surface area contributed by atoms with Gasteiger partial charge in [0.05, 0.1) is 0 Å². The van der Waals surface area contributed by atoms with Crippen molar-refractivity contribution in [3.63, 3.8) is 0 Å². The van der Waals surface area contributed by atoms with E-state index in [1.165, 1.54) is 0 Å². The molecule has 156 valence electrons. The molecule has 0 bridgehead atoms. The van der Waals surface area contributed by atoms with Gasteiger partial charge >= 0.3 is 0 Å². The molecule has 0 spiro atoms. The Bertz CT molecular complexity index is 984. The molecule has 1 saturated heterocycles. The van der Waals surface area contributed by atoms with Gasteiger partial charge in [0.1, 0.15) is 0 Å². The second-order valence-corrected chi connectivity index (χ2v) is 7.54. The molecule has 0 aliphatic carbocycles. The average molecular weight is 410 g/mol. The lowest BCUT2D eigenvalue weighted by Crippen LogP contribution is -2.42. The van der Waals surface area contributed by atoms with E-state index in [0.29, 0.717) is 55.3 Å². The van der Waals surface area contributed by atoms with Gasteiger partial charge in [-0.15, -0.1) is 0 Å². The highest BCUT2D eigenvalue weighted by Gasteiger charge is 2.28. The third-order valence-corrected chi connectivity index (χ3v) is 5.68. The Balaban J connectivity index is 1.13. The van der Waals surface area contributed by atoms with E-state index in [1.54, 1.807) is 23.1 Å². The number of piperidine rings is 1. The zero-order valence-corrected chi connectivity index (χ0v) is 16.4. The van der Waals surface area contributed by atoms with Gasteiger partial charge in [-0.25, -0.2) is 0 Å². The number of hydrogen-bond donors (Lipinski definition) is 1. The maximum Gasteiger partial charge on any atom is 0.253 e. The molecule has 1 fully saturated rings. The molecular formula is C22H22N2O6. The predicted molar refractivity (Wildman–Crippen MR) is 106 cm³/mol. The van der Waals surface area contributed by atoms with Crippen molar-refractivity contribution in [2.45, 2.75) is 19.4 Å². The molecular weight excluding hydrogens is 388 g/mol. The molecule has 2 aromatic carbocycles. The Hall–Kier alpha value is -3.42. The Morgan fingerprint density at radius 1 is 0.867 bits per heavy atom. The summed E-state index contributed by atoms with van der Waals surface area (Å²) in [5, 5.41) is 2.99. The van der Waals surface area contributed by atoms with Gasteiger partial charge in [0.15, 0.2) is 23.0 Å². The first-order valence-corrected chi connectivity index (χ1v) is 10.0. The Morgan fingerprint density at radius 3 is 2.23 bits per heavy atom. The van der Waals surface area contributed by atoms with Gasteiger partial charge in [0.25, 0.3) is 5.91 Å². The number of ether oxygens (including phenoxy) is 4. The van der Waals surface area contributed by atoms with E-state index in [4.69, 9.17) is 18.9 Å². The smallest absolute Gasteiger partial charge is 0.253 e. The second-order valence-electron chi connectivity index (χ2n) is 7.54. The largest absolute Gasteiger partial charge is 0.454 e. The fourth-order valence-corrected chi connectivity index (χ4v) is 3.94. The molecule has 5 rings (SSSR count). The standard InChI is InChI=1S/C22H22N2O6/c25-21(23-11-14-1-3-17-19(9-14)29-12-27-17)15-5-7-24(8-6-15)22(26)16-2-4-18-20(10-16)30-13-28-18/h1-4,9-10,15H,5-8,11-13H2,(H,23,25). The van der Waals surface area contributed by atoms with Gasteiger partial charge in [-0.1, -0.05) is 6.07 Å². The van der Waals surface area contributed by atoms with Crippen molar-refractivity contribution in [1.29, 1.82) is 0 Å². The van der Waals surface area contributed by atoms with Crippen LogP contribution in [0.4, 0.5) is 0 Å². The number of rotatable bonds is 4. The highest BCUT2D eigenvalue weighted by atomic mass is 16.7. The van der Waals surface area contributed by atoms with Gasteiger partial charge in [0, 0.05) is 31.1 Å². The monoisotopic (exact) mass is 410 g/mol. The molecule has 30 heavy (non-hydrogen) atoms. The van der Waals surface area contributed by atoms with Gasteiger partial charge in [-0.2, -0.15) is 0 Å². The van der Waals surface area contributed by atoms with E-state index in [-0.39, 0.29) is 31.3 Å². The quantitative estimate of drug-likeness (QED) is 0.833. The molecule has 2 amide bonds. The maximum atomic E-state index is 12.8. The van der Waals surface area contributed by atoms with Gasteiger partial charge in [0.2, 0.25) is 19.5 Å². The van der Waals surface area contributed by atoms with Crippen LogP contribution in [-0.2, 0) is 11.3 Å². The molecule has 0 aromatic heterocycles. The number of nitrogens with zero attached hydrogens (tertiary/aromatic N) is 1. The molecule has 1 N–H and O–H groups in total. The molecule has 0 atom stereocenters. The fraction of sp³-hybridized carbons (Fsp3) is 0.364. The van der Waals surface area contributed by atoms with Crippen molar-refractivity contribution in [2.75, 3.05) is 26.7 Å². The minimum Gasteiger partial charge on any atom is -0.454 e. The topological polar surface area (TPSA) is 86.3 Å². The molecule has 3 aliphatic rings. The second kappa shape index (κ2) is 7.78. The average Bonchev–Trinajstić information content (AvgIpc) is 3.45. The van der Waals surface area contributed by atoms with Crippen LogP contribution < -0.4 is 24.3 Å². The first-order valence-electron chi connectivity index (χ1n) is 10.0. The van der Waals surface area contributed by atoms with Crippen molar-refractivity contribution < 1.29 is 28.5 Å². The van der Waals surface area contributed by atoms with Crippen LogP contribution in [0.5, 0.6) is 23.0 Å². The summed E-state index contributed by atoms with van der Waals surface area (Å²) in [4.78, 5) is 27.2. The zero-order valence-electron chi connectivity index (χ0n) is 16.4. The van der Waals surface area contributed by atoms with Crippen LogP contribution in [0.3, 0.4) is 0 Å². The lowest BCUT2D eigenvalue weighted by Gasteiger charge is -2.31. The Morgan fingerprint density at radius 2 is 1.50 bits per heavy atom. The van der Waals surface area contributed by atoms with E-state index in [9.17, 15) is 9.59 Å². The van der Waals surface area contributed by atoms with E-state index in [2.05, 4.69) is 5.32 Å². The number of fused-ring (bicyclic) bond motifs is 2.